The third-order valence-corrected chi connectivity index (χ3v) is 7.00. The van der Waals surface area contributed by atoms with Gasteiger partial charge in [0.2, 0.25) is 10.0 Å². The van der Waals surface area contributed by atoms with E-state index in [1.165, 1.54) is 4.31 Å². The Labute approximate surface area is 158 Å². The molecule has 0 bridgehead atoms. The van der Waals surface area contributed by atoms with E-state index in [0.29, 0.717) is 30.1 Å². The molecule has 1 heterocycles. The molecule has 0 aliphatic rings. The topological polar surface area (TPSA) is 92.3 Å². The highest BCUT2D eigenvalue weighted by atomic mass is 32.2. The summed E-state index contributed by atoms with van der Waals surface area (Å²) in [5.41, 5.74) is 1.51. The average molecular weight is 397 g/mol. The molecule has 0 spiro atoms. The lowest BCUT2D eigenvalue weighted by Gasteiger charge is -2.19. The zero-order valence-electron chi connectivity index (χ0n) is 15.4. The molecule has 0 saturated carbocycles. The van der Waals surface area contributed by atoms with Crippen LogP contribution >= 0.6 is 11.5 Å². The molecule has 1 aromatic heterocycles. The van der Waals surface area contributed by atoms with Crippen molar-refractivity contribution < 1.29 is 13.2 Å². The predicted octanol–water partition coefficient (Wildman–Crippen LogP) is 2.62. The number of carbonyl (C=O) groups excluding carboxylic acids is 1. The Hall–Kier alpha value is -1.84. The van der Waals surface area contributed by atoms with Crippen molar-refractivity contribution in [3.05, 3.63) is 40.4 Å². The zero-order valence-corrected chi connectivity index (χ0v) is 17.0. The van der Waals surface area contributed by atoms with Crippen LogP contribution < -0.4 is 5.32 Å². The van der Waals surface area contributed by atoms with Gasteiger partial charge in [0, 0.05) is 13.1 Å². The summed E-state index contributed by atoms with van der Waals surface area (Å²) in [6.45, 7) is 8.25. The Morgan fingerprint density at radius 1 is 1.19 bits per heavy atom. The fourth-order valence-corrected chi connectivity index (χ4v) is 4.71. The number of benzene rings is 1. The molecule has 142 valence electrons. The molecule has 0 aliphatic carbocycles. The molecule has 0 aliphatic heterocycles. The van der Waals surface area contributed by atoms with E-state index in [1.54, 1.807) is 24.3 Å². The van der Waals surface area contributed by atoms with Crippen LogP contribution in [0.3, 0.4) is 0 Å². The normalized spacial score (nSPS) is 13.0. The Morgan fingerprint density at radius 2 is 1.81 bits per heavy atom. The SMILES string of the molecule is CCc1nnsc1C(=O)N[C@@H](C)c1ccc(S(=O)(=O)N(CC)CC)cc1. The molecule has 7 nitrogen and oxygen atoms in total. The number of nitrogens with one attached hydrogen (secondary N) is 1. The van der Waals surface area contributed by atoms with Gasteiger partial charge in [0.15, 0.2) is 0 Å². The van der Waals surface area contributed by atoms with Crippen LogP contribution in [0.1, 0.15) is 54.7 Å². The molecule has 9 heteroatoms. The minimum Gasteiger partial charge on any atom is -0.345 e. The Bertz CT molecular complexity index is 843. The van der Waals surface area contributed by atoms with Gasteiger partial charge in [0.05, 0.1) is 16.6 Å². The molecule has 1 N–H and O–H groups in total. The molecule has 0 fully saturated rings. The van der Waals surface area contributed by atoms with Crippen LogP contribution in [-0.2, 0) is 16.4 Å². The van der Waals surface area contributed by atoms with Gasteiger partial charge >= 0.3 is 0 Å². The molecule has 2 aromatic rings. The fraction of sp³-hybridized carbons (Fsp3) is 0.471. The second kappa shape index (κ2) is 8.70. The summed E-state index contributed by atoms with van der Waals surface area (Å²) in [4.78, 5) is 13.1. The van der Waals surface area contributed by atoms with Crippen molar-refractivity contribution in [3.63, 3.8) is 0 Å². The minimum absolute atomic E-state index is 0.218. The summed E-state index contributed by atoms with van der Waals surface area (Å²) in [7, 11) is -3.48. The van der Waals surface area contributed by atoms with Gasteiger partial charge in [0.1, 0.15) is 4.88 Å². The monoisotopic (exact) mass is 396 g/mol. The molecule has 1 atom stereocenters. The number of hydrogen-bond acceptors (Lipinski definition) is 6. The molecule has 2 rings (SSSR count). The summed E-state index contributed by atoms with van der Waals surface area (Å²) in [5.74, 6) is -0.218. The lowest BCUT2D eigenvalue weighted by atomic mass is 10.1. The molecule has 26 heavy (non-hydrogen) atoms. The second-order valence-electron chi connectivity index (χ2n) is 5.76. The van der Waals surface area contributed by atoms with Gasteiger partial charge in [-0.3, -0.25) is 4.79 Å². The van der Waals surface area contributed by atoms with Crippen LogP contribution in [0.25, 0.3) is 0 Å². The number of sulfonamides is 1. The van der Waals surface area contributed by atoms with Crippen molar-refractivity contribution in [3.8, 4) is 0 Å². The molecule has 0 saturated heterocycles. The Kier molecular flexibility index (Phi) is 6.85. The summed E-state index contributed by atoms with van der Waals surface area (Å²) in [6.07, 6.45) is 0.644. The fourth-order valence-electron chi connectivity index (χ4n) is 2.60. The van der Waals surface area contributed by atoms with Crippen LogP contribution in [0, 0.1) is 0 Å². The third-order valence-electron chi connectivity index (χ3n) is 4.17. The van der Waals surface area contributed by atoms with Gasteiger partial charge < -0.3 is 5.32 Å². The summed E-state index contributed by atoms with van der Waals surface area (Å²) >= 11 is 1.08. The van der Waals surface area contributed by atoms with Crippen molar-refractivity contribution in [2.24, 2.45) is 0 Å². The number of rotatable bonds is 8. The smallest absolute Gasteiger partial charge is 0.265 e. The number of nitrogens with zero attached hydrogens (tertiary/aromatic N) is 3. The summed E-state index contributed by atoms with van der Waals surface area (Å²) in [5, 5.41) is 6.85. The zero-order chi connectivity index (χ0) is 19.3. The van der Waals surface area contributed by atoms with Crippen molar-refractivity contribution in [2.75, 3.05) is 13.1 Å². The second-order valence-corrected chi connectivity index (χ2v) is 8.45. The van der Waals surface area contributed by atoms with Crippen LogP contribution in [0.4, 0.5) is 0 Å². The lowest BCUT2D eigenvalue weighted by molar-refractivity contribution is 0.0943. The highest BCUT2D eigenvalue weighted by molar-refractivity contribution is 7.89. The molecule has 1 amide bonds. The van der Waals surface area contributed by atoms with E-state index in [-0.39, 0.29) is 16.8 Å². The first-order chi connectivity index (χ1) is 12.3. The molecular formula is C17H24N4O3S2. The highest BCUT2D eigenvalue weighted by Gasteiger charge is 2.22. The van der Waals surface area contributed by atoms with Crippen LogP contribution in [0.15, 0.2) is 29.2 Å². The minimum atomic E-state index is -3.48. The van der Waals surface area contributed by atoms with Crippen molar-refractivity contribution in [1.82, 2.24) is 19.2 Å². The Balaban J connectivity index is 2.14. The lowest BCUT2D eigenvalue weighted by Crippen LogP contribution is -2.30. The van der Waals surface area contributed by atoms with E-state index in [4.69, 9.17) is 0 Å². The van der Waals surface area contributed by atoms with E-state index in [1.807, 2.05) is 27.7 Å². The van der Waals surface area contributed by atoms with Crippen LogP contribution in [0.5, 0.6) is 0 Å². The van der Waals surface area contributed by atoms with Gasteiger partial charge in [0.25, 0.3) is 5.91 Å². The molecule has 0 unspecified atom stereocenters. The Morgan fingerprint density at radius 3 is 2.35 bits per heavy atom. The van der Waals surface area contributed by atoms with E-state index in [2.05, 4.69) is 14.9 Å². The largest absolute Gasteiger partial charge is 0.345 e. The van der Waals surface area contributed by atoms with Crippen molar-refractivity contribution >= 4 is 27.5 Å². The number of aromatic nitrogens is 2. The van der Waals surface area contributed by atoms with Gasteiger partial charge in [-0.05, 0) is 42.6 Å². The number of carbonyl (C=O) groups is 1. The van der Waals surface area contributed by atoms with Gasteiger partial charge in [-0.2, -0.15) is 4.31 Å². The van der Waals surface area contributed by atoms with Gasteiger partial charge in [-0.25, -0.2) is 8.42 Å². The van der Waals surface area contributed by atoms with Crippen molar-refractivity contribution in [2.45, 2.75) is 45.1 Å². The maximum absolute atomic E-state index is 12.5. The molecule has 1 aromatic carbocycles. The number of hydrogen-bond donors (Lipinski definition) is 1. The van der Waals surface area contributed by atoms with Crippen molar-refractivity contribution in [1.29, 1.82) is 0 Å². The first-order valence-corrected chi connectivity index (χ1v) is 10.8. The molecule has 0 radical (unpaired) electrons. The maximum atomic E-state index is 12.5. The molecular weight excluding hydrogens is 372 g/mol. The van der Waals surface area contributed by atoms with Crippen LogP contribution in [-0.4, -0.2) is 41.3 Å². The first-order valence-electron chi connectivity index (χ1n) is 8.57. The highest BCUT2D eigenvalue weighted by Crippen LogP contribution is 2.20. The number of aryl methyl sites for hydroxylation is 1. The van der Waals surface area contributed by atoms with Gasteiger partial charge in [-0.1, -0.05) is 37.4 Å². The van der Waals surface area contributed by atoms with E-state index >= 15 is 0 Å². The van der Waals surface area contributed by atoms with E-state index in [9.17, 15) is 13.2 Å². The first kappa shape index (κ1) is 20.5. The predicted molar refractivity (Wildman–Crippen MR) is 102 cm³/mol. The van der Waals surface area contributed by atoms with Gasteiger partial charge in [-0.15, -0.1) is 5.10 Å². The summed E-state index contributed by atoms with van der Waals surface area (Å²) < 4.78 is 30.3. The van der Waals surface area contributed by atoms with Crippen LogP contribution in [0.2, 0.25) is 0 Å². The maximum Gasteiger partial charge on any atom is 0.265 e. The summed E-state index contributed by atoms with van der Waals surface area (Å²) in [6, 6.07) is 6.36. The quantitative estimate of drug-likeness (QED) is 0.740. The third kappa shape index (κ3) is 4.28. The van der Waals surface area contributed by atoms with E-state index in [0.717, 1.165) is 17.1 Å². The van der Waals surface area contributed by atoms with E-state index < -0.39 is 10.0 Å². The standard InChI is InChI=1S/C17H24N4O3S2/c1-5-15-16(25-20-19-15)17(22)18-12(4)13-8-10-14(11-9-13)26(23,24)21(6-2)7-3/h8-12H,5-7H2,1-4H3,(H,18,22)/t12-/m0/s1. The average Bonchev–Trinajstić information content (AvgIpc) is 3.11. The number of amides is 1.